The average Bonchev–Trinajstić information content (AvgIpc) is 2.43. The molecule has 0 amide bonds. The molecule has 1 aliphatic carbocycles. The Labute approximate surface area is 137 Å². The van der Waals surface area contributed by atoms with Gasteiger partial charge in [0.25, 0.3) is 8.32 Å². The Balaban J connectivity index is 2.42. The zero-order valence-corrected chi connectivity index (χ0v) is 16.4. The van der Waals surface area contributed by atoms with Crippen molar-refractivity contribution in [2.45, 2.75) is 77.9 Å². The first kappa shape index (κ1) is 17.3. The molecule has 1 aromatic carbocycles. The van der Waals surface area contributed by atoms with E-state index in [4.69, 9.17) is 4.43 Å². The lowest BCUT2D eigenvalue weighted by Gasteiger charge is -2.43. The van der Waals surface area contributed by atoms with Crippen molar-refractivity contribution in [2.24, 2.45) is 0 Å². The van der Waals surface area contributed by atoms with E-state index in [1.807, 2.05) is 0 Å². The van der Waals surface area contributed by atoms with Crippen molar-refractivity contribution >= 4 is 14.1 Å². The lowest BCUT2D eigenvalue weighted by molar-refractivity contribution is 0.440. The first-order chi connectivity index (χ1) is 10.3. The molecule has 0 spiro atoms. The molecule has 0 fully saturated rings. The Hall–Kier alpha value is -1.02. The molecule has 0 saturated carbocycles. The summed E-state index contributed by atoms with van der Waals surface area (Å²) in [6, 6.07) is 6.80. The van der Waals surface area contributed by atoms with Gasteiger partial charge in [-0.3, -0.25) is 0 Å². The van der Waals surface area contributed by atoms with Gasteiger partial charge in [-0.1, -0.05) is 65.3 Å². The van der Waals surface area contributed by atoms with Gasteiger partial charge in [-0.2, -0.15) is 0 Å². The quantitative estimate of drug-likeness (QED) is 0.565. The summed E-state index contributed by atoms with van der Waals surface area (Å²) in [6.45, 7) is 16.3. The fraction of sp³-hybridized carbons (Fsp3) is 0.600. The van der Waals surface area contributed by atoms with Crippen LogP contribution < -0.4 is 0 Å². The highest BCUT2D eigenvalue weighted by Crippen LogP contribution is 2.45. The molecule has 0 saturated heterocycles. The third-order valence-corrected chi connectivity index (χ3v) is 11.3. The van der Waals surface area contributed by atoms with Gasteiger partial charge in [0, 0.05) is 5.56 Å². The molecular formula is C20H32OSi. The van der Waals surface area contributed by atoms with Crippen LogP contribution in [0.3, 0.4) is 0 Å². The standard InChI is InChI=1S/C20H32OSi/c1-14(2)22(15(3)4,16(5)6)21-20-10-8-9-18-13-17(7)11-12-19(18)20/h10-16H,8-9H2,1-7H3. The maximum absolute atomic E-state index is 6.93. The molecule has 0 atom stereocenters. The highest BCUT2D eigenvalue weighted by molar-refractivity contribution is 6.78. The maximum atomic E-state index is 6.93. The average molecular weight is 317 g/mol. The number of fused-ring (bicyclic) bond motifs is 1. The van der Waals surface area contributed by atoms with Gasteiger partial charge >= 0.3 is 0 Å². The molecular weight excluding hydrogens is 284 g/mol. The smallest absolute Gasteiger partial charge is 0.258 e. The molecule has 2 heteroatoms. The maximum Gasteiger partial charge on any atom is 0.258 e. The SMILES string of the molecule is Cc1ccc2c(c1)CCC=C2O[Si](C(C)C)(C(C)C)C(C)C. The summed E-state index contributed by atoms with van der Waals surface area (Å²) in [6.07, 6.45) is 4.57. The van der Waals surface area contributed by atoms with Crippen molar-refractivity contribution in [3.8, 4) is 0 Å². The minimum absolute atomic E-state index is 0.615. The van der Waals surface area contributed by atoms with E-state index in [9.17, 15) is 0 Å². The third-order valence-electron chi connectivity index (χ3n) is 5.26. The molecule has 0 bridgehead atoms. The predicted molar refractivity (Wildman–Crippen MR) is 99.6 cm³/mol. The Morgan fingerprint density at radius 1 is 0.955 bits per heavy atom. The summed E-state index contributed by atoms with van der Waals surface area (Å²) in [5, 5.41) is 0. The molecule has 1 aromatic rings. The molecule has 1 nitrogen and oxygen atoms in total. The Morgan fingerprint density at radius 3 is 2.09 bits per heavy atom. The number of hydrogen-bond acceptors (Lipinski definition) is 1. The van der Waals surface area contributed by atoms with E-state index in [0.29, 0.717) is 16.6 Å². The number of hydrogen-bond donors (Lipinski definition) is 0. The highest BCUT2D eigenvalue weighted by atomic mass is 28.4. The summed E-state index contributed by atoms with van der Waals surface area (Å²) >= 11 is 0. The van der Waals surface area contributed by atoms with Crippen LogP contribution in [0.2, 0.25) is 16.6 Å². The predicted octanol–water partition coefficient (Wildman–Crippen LogP) is 6.47. The summed E-state index contributed by atoms with van der Waals surface area (Å²) in [5.74, 6) is 1.16. The number of allylic oxidation sites excluding steroid dienone is 1. The van der Waals surface area contributed by atoms with Gasteiger partial charge in [0.2, 0.25) is 0 Å². The fourth-order valence-electron chi connectivity index (χ4n) is 4.28. The number of rotatable bonds is 5. The van der Waals surface area contributed by atoms with E-state index in [1.54, 1.807) is 0 Å². The van der Waals surface area contributed by atoms with E-state index in [-0.39, 0.29) is 0 Å². The van der Waals surface area contributed by atoms with Crippen LogP contribution in [0, 0.1) is 6.92 Å². The van der Waals surface area contributed by atoms with Crippen molar-refractivity contribution in [3.05, 3.63) is 41.0 Å². The fourth-order valence-corrected chi connectivity index (χ4v) is 9.56. The van der Waals surface area contributed by atoms with Crippen LogP contribution in [-0.4, -0.2) is 8.32 Å². The molecule has 0 aromatic heterocycles. The van der Waals surface area contributed by atoms with E-state index < -0.39 is 8.32 Å². The van der Waals surface area contributed by atoms with Gasteiger partial charge in [-0.15, -0.1) is 0 Å². The molecule has 22 heavy (non-hydrogen) atoms. The van der Waals surface area contributed by atoms with Crippen molar-refractivity contribution in [1.82, 2.24) is 0 Å². The van der Waals surface area contributed by atoms with E-state index >= 15 is 0 Å². The summed E-state index contributed by atoms with van der Waals surface area (Å²) in [4.78, 5) is 0. The van der Waals surface area contributed by atoms with E-state index in [2.05, 4.69) is 72.7 Å². The Kier molecular flexibility index (Phi) is 5.21. The molecule has 122 valence electrons. The van der Waals surface area contributed by atoms with Crippen LogP contribution in [-0.2, 0) is 10.8 Å². The van der Waals surface area contributed by atoms with Crippen molar-refractivity contribution in [3.63, 3.8) is 0 Å². The first-order valence-electron chi connectivity index (χ1n) is 8.78. The second-order valence-electron chi connectivity index (χ2n) is 7.69. The molecule has 0 aliphatic heterocycles. The van der Waals surface area contributed by atoms with Gasteiger partial charge in [0.15, 0.2) is 0 Å². The molecule has 0 unspecified atom stereocenters. The first-order valence-corrected chi connectivity index (χ1v) is 10.9. The highest BCUT2D eigenvalue weighted by Gasteiger charge is 2.47. The van der Waals surface area contributed by atoms with Crippen LogP contribution in [0.15, 0.2) is 24.3 Å². The molecule has 0 N–H and O–H groups in total. The second kappa shape index (κ2) is 6.62. The molecule has 0 radical (unpaired) electrons. The lowest BCUT2D eigenvalue weighted by Crippen LogP contribution is -2.47. The Bertz CT molecular complexity index is 533. The summed E-state index contributed by atoms with van der Waals surface area (Å²) in [5.41, 5.74) is 5.98. The van der Waals surface area contributed by atoms with Gasteiger partial charge < -0.3 is 4.43 Å². The van der Waals surface area contributed by atoms with E-state index in [0.717, 1.165) is 18.6 Å². The van der Waals surface area contributed by atoms with Crippen LogP contribution in [0.4, 0.5) is 0 Å². The van der Waals surface area contributed by atoms with Crippen molar-refractivity contribution in [2.75, 3.05) is 0 Å². The van der Waals surface area contributed by atoms with Crippen molar-refractivity contribution < 1.29 is 4.43 Å². The monoisotopic (exact) mass is 316 g/mol. The van der Waals surface area contributed by atoms with E-state index in [1.165, 1.54) is 16.7 Å². The summed E-state index contributed by atoms with van der Waals surface area (Å²) < 4.78 is 6.93. The molecule has 1 aliphatic rings. The minimum atomic E-state index is -1.87. The van der Waals surface area contributed by atoms with Crippen molar-refractivity contribution in [1.29, 1.82) is 0 Å². The van der Waals surface area contributed by atoms with Crippen LogP contribution in [0.5, 0.6) is 0 Å². The summed E-state index contributed by atoms with van der Waals surface area (Å²) in [7, 11) is -1.87. The molecule has 2 rings (SSSR count). The van der Waals surface area contributed by atoms with Gasteiger partial charge in [-0.05, 0) is 48.0 Å². The number of aryl methyl sites for hydroxylation is 2. The minimum Gasteiger partial charge on any atom is -0.542 e. The van der Waals surface area contributed by atoms with Crippen LogP contribution in [0.1, 0.15) is 64.7 Å². The Morgan fingerprint density at radius 2 is 1.55 bits per heavy atom. The largest absolute Gasteiger partial charge is 0.542 e. The zero-order valence-electron chi connectivity index (χ0n) is 15.4. The van der Waals surface area contributed by atoms with Gasteiger partial charge in [0.05, 0.1) is 0 Å². The number of benzene rings is 1. The van der Waals surface area contributed by atoms with Gasteiger partial charge in [-0.25, -0.2) is 0 Å². The normalized spacial score (nSPS) is 15.3. The van der Waals surface area contributed by atoms with Crippen LogP contribution in [0.25, 0.3) is 5.76 Å². The molecule has 0 heterocycles. The zero-order chi connectivity index (χ0) is 16.5. The third kappa shape index (κ3) is 3.03. The van der Waals surface area contributed by atoms with Gasteiger partial charge in [0.1, 0.15) is 5.76 Å². The topological polar surface area (TPSA) is 9.23 Å². The lowest BCUT2D eigenvalue weighted by atomic mass is 9.94. The second-order valence-corrected chi connectivity index (χ2v) is 13.1. The van der Waals surface area contributed by atoms with Crippen LogP contribution >= 0.6 is 0 Å².